The summed E-state index contributed by atoms with van der Waals surface area (Å²) in [6.45, 7) is 0. The van der Waals surface area contributed by atoms with E-state index >= 15 is 0 Å². The Balaban J connectivity index is 2.41. The zero-order valence-electron chi connectivity index (χ0n) is 9.91. The molecule has 0 fully saturated rings. The first kappa shape index (κ1) is 14.6. The van der Waals surface area contributed by atoms with E-state index in [9.17, 15) is 9.18 Å². The van der Waals surface area contributed by atoms with Crippen LogP contribution in [-0.4, -0.2) is 12.0 Å². The van der Waals surface area contributed by atoms with E-state index in [0.717, 1.165) is 4.90 Å². The maximum Gasteiger partial charge on any atom is 0.196 e. The zero-order valence-corrected chi connectivity index (χ0v) is 13.1. The first-order valence-corrected chi connectivity index (χ1v) is 7.76. The molecular formula is C14H9BrClFOS. The van der Waals surface area contributed by atoms with E-state index in [2.05, 4.69) is 15.9 Å². The SMILES string of the molecule is CSc1ccc(C(=O)c2ccc(Br)c(Cl)c2F)cc1. The third-order valence-electron chi connectivity index (χ3n) is 2.63. The van der Waals surface area contributed by atoms with Crippen LogP contribution >= 0.6 is 39.3 Å². The highest BCUT2D eigenvalue weighted by atomic mass is 79.9. The fourth-order valence-electron chi connectivity index (χ4n) is 1.60. The third-order valence-corrected chi connectivity index (χ3v) is 4.63. The molecule has 0 spiro atoms. The highest BCUT2D eigenvalue weighted by Gasteiger charge is 2.17. The molecule has 0 amide bonds. The van der Waals surface area contributed by atoms with Crippen LogP contribution in [0.4, 0.5) is 4.39 Å². The van der Waals surface area contributed by atoms with E-state index in [1.807, 2.05) is 18.4 Å². The van der Waals surface area contributed by atoms with E-state index in [0.29, 0.717) is 10.0 Å². The van der Waals surface area contributed by atoms with E-state index in [4.69, 9.17) is 11.6 Å². The number of carbonyl (C=O) groups is 1. The maximum absolute atomic E-state index is 14.0. The van der Waals surface area contributed by atoms with Gasteiger partial charge in [0.2, 0.25) is 0 Å². The molecule has 0 bridgehead atoms. The second-order valence-electron chi connectivity index (χ2n) is 3.78. The van der Waals surface area contributed by atoms with Crippen molar-refractivity contribution < 1.29 is 9.18 Å². The molecule has 0 radical (unpaired) electrons. The Morgan fingerprint density at radius 1 is 1.21 bits per heavy atom. The van der Waals surface area contributed by atoms with Crippen LogP contribution in [0.2, 0.25) is 5.02 Å². The highest BCUT2D eigenvalue weighted by molar-refractivity contribution is 9.10. The molecule has 0 atom stereocenters. The summed E-state index contributed by atoms with van der Waals surface area (Å²) in [6.07, 6.45) is 1.95. The Labute approximate surface area is 128 Å². The predicted molar refractivity (Wildman–Crippen MR) is 80.8 cm³/mol. The molecule has 0 unspecified atom stereocenters. The normalized spacial score (nSPS) is 10.5. The van der Waals surface area contributed by atoms with Crippen molar-refractivity contribution in [3.63, 3.8) is 0 Å². The number of carbonyl (C=O) groups excluding carboxylic acids is 1. The smallest absolute Gasteiger partial charge is 0.196 e. The van der Waals surface area contributed by atoms with E-state index in [1.54, 1.807) is 30.0 Å². The van der Waals surface area contributed by atoms with Crippen molar-refractivity contribution in [2.24, 2.45) is 0 Å². The van der Waals surface area contributed by atoms with Gasteiger partial charge in [0.25, 0.3) is 0 Å². The fourth-order valence-corrected chi connectivity index (χ4v) is 2.48. The molecule has 1 nitrogen and oxygen atoms in total. The lowest BCUT2D eigenvalue weighted by molar-refractivity contribution is 0.103. The van der Waals surface area contributed by atoms with Crippen LogP contribution in [0.1, 0.15) is 15.9 Å². The summed E-state index contributed by atoms with van der Waals surface area (Å²) in [5, 5.41) is -0.0772. The average Bonchev–Trinajstić information content (AvgIpc) is 2.44. The standard InChI is InChI=1S/C14H9BrClFOS/c1-19-9-4-2-8(3-5-9)14(18)10-6-7-11(15)12(16)13(10)17/h2-7H,1H3. The summed E-state index contributed by atoms with van der Waals surface area (Å²) < 4.78 is 14.4. The summed E-state index contributed by atoms with van der Waals surface area (Å²) in [5.41, 5.74) is 0.417. The van der Waals surface area contributed by atoms with Crippen LogP contribution < -0.4 is 0 Å². The van der Waals surface area contributed by atoms with Crippen LogP contribution in [-0.2, 0) is 0 Å². The molecular weight excluding hydrogens is 351 g/mol. The van der Waals surface area contributed by atoms with Gasteiger partial charge in [0.15, 0.2) is 11.6 Å². The van der Waals surface area contributed by atoms with Crippen molar-refractivity contribution in [3.8, 4) is 0 Å². The maximum atomic E-state index is 14.0. The zero-order chi connectivity index (χ0) is 14.0. The fraction of sp³-hybridized carbons (Fsp3) is 0.0714. The van der Waals surface area contributed by atoms with Gasteiger partial charge >= 0.3 is 0 Å². The Morgan fingerprint density at radius 2 is 1.84 bits per heavy atom. The largest absolute Gasteiger partial charge is 0.288 e. The lowest BCUT2D eigenvalue weighted by Gasteiger charge is -2.06. The van der Waals surface area contributed by atoms with E-state index in [1.165, 1.54) is 6.07 Å². The highest BCUT2D eigenvalue weighted by Crippen LogP contribution is 2.29. The molecule has 0 N–H and O–H groups in total. The van der Waals surface area contributed by atoms with Gasteiger partial charge in [0.1, 0.15) is 0 Å². The molecule has 5 heteroatoms. The predicted octanol–water partition coefficient (Wildman–Crippen LogP) is 5.19. The Hall–Kier alpha value is -0.840. The third kappa shape index (κ3) is 3.02. The molecule has 0 saturated heterocycles. The second-order valence-corrected chi connectivity index (χ2v) is 5.89. The van der Waals surface area contributed by atoms with Crippen LogP contribution in [0.15, 0.2) is 45.8 Å². The molecule has 0 aliphatic carbocycles. The molecule has 0 aromatic heterocycles. The molecule has 2 rings (SSSR count). The van der Waals surface area contributed by atoms with Gasteiger partial charge in [0, 0.05) is 14.9 Å². The molecule has 19 heavy (non-hydrogen) atoms. The number of hydrogen-bond donors (Lipinski definition) is 0. The minimum atomic E-state index is -0.699. The molecule has 0 aliphatic heterocycles. The molecule has 2 aromatic carbocycles. The summed E-state index contributed by atoms with van der Waals surface area (Å²) >= 11 is 10.5. The van der Waals surface area contributed by atoms with E-state index in [-0.39, 0.29) is 16.4 Å². The van der Waals surface area contributed by atoms with Gasteiger partial charge in [-0.25, -0.2) is 4.39 Å². The lowest BCUT2D eigenvalue weighted by Crippen LogP contribution is -2.04. The molecule has 0 saturated carbocycles. The quantitative estimate of drug-likeness (QED) is 0.426. The minimum absolute atomic E-state index is 0.0231. The topological polar surface area (TPSA) is 17.1 Å². The number of thioether (sulfide) groups is 1. The van der Waals surface area contributed by atoms with Gasteiger partial charge in [-0.1, -0.05) is 11.6 Å². The van der Waals surface area contributed by atoms with Crippen molar-refractivity contribution in [2.45, 2.75) is 4.90 Å². The molecule has 2 aromatic rings. The number of hydrogen-bond acceptors (Lipinski definition) is 2. The summed E-state index contributed by atoms with van der Waals surface area (Å²) in [7, 11) is 0. The van der Waals surface area contributed by atoms with Crippen LogP contribution in [0, 0.1) is 5.82 Å². The Morgan fingerprint density at radius 3 is 2.42 bits per heavy atom. The number of rotatable bonds is 3. The van der Waals surface area contributed by atoms with Gasteiger partial charge in [0.05, 0.1) is 10.6 Å². The van der Waals surface area contributed by atoms with Crippen molar-refractivity contribution in [1.29, 1.82) is 0 Å². The van der Waals surface area contributed by atoms with Gasteiger partial charge < -0.3 is 0 Å². The first-order valence-electron chi connectivity index (χ1n) is 5.37. The number of benzene rings is 2. The van der Waals surface area contributed by atoms with Crippen LogP contribution in [0.5, 0.6) is 0 Å². The summed E-state index contributed by atoms with van der Waals surface area (Å²) in [4.78, 5) is 13.3. The van der Waals surface area contributed by atoms with Crippen molar-refractivity contribution in [1.82, 2.24) is 0 Å². The average molecular weight is 360 g/mol. The Kier molecular flexibility index (Phi) is 4.66. The van der Waals surface area contributed by atoms with Crippen molar-refractivity contribution in [2.75, 3.05) is 6.26 Å². The number of ketones is 1. The Bertz CT molecular complexity index is 628. The molecule has 0 aliphatic rings. The summed E-state index contributed by atoms with van der Waals surface area (Å²) in [5.74, 6) is -1.07. The first-order chi connectivity index (χ1) is 9.04. The van der Waals surface area contributed by atoms with Gasteiger partial charge in [-0.2, -0.15) is 0 Å². The number of halogens is 3. The van der Waals surface area contributed by atoms with Gasteiger partial charge in [-0.15, -0.1) is 11.8 Å². The van der Waals surface area contributed by atoms with E-state index < -0.39 is 5.82 Å². The van der Waals surface area contributed by atoms with Crippen molar-refractivity contribution >= 4 is 45.1 Å². The monoisotopic (exact) mass is 358 g/mol. The minimum Gasteiger partial charge on any atom is -0.288 e. The second kappa shape index (κ2) is 6.07. The van der Waals surface area contributed by atoms with Gasteiger partial charge in [-0.3, -0.25) is 4.79 Å². The molecule has 98 valence electrons. The lowest BCUT2D eigenvalue weighted by atomic mass is 10.0. The van der Waals surface area contributed by atoms with Crippen molar-refractivity contribution in [3.05, 3.63) is 62.8 Å². The van der Waals surface area contributed by atoms with Crippen LogP contribution in [0.25, 0.3) is 0 Å². The molecule has 0 heterocycles. The summed E-state index contributed by atoms with van der Waals surface area (Å²) in [6, 6.07) is 10.0. The van der Waals surface area contributed by atoms with Gasteiger partial charge in [-0.05, 0) is 58.6 Å². The van der Waals surface area contributed by atoms with Crippen LogP contribution in [0.3, 0.4) is 0 Å².